The summed E-state index contributed by atoms with van der Waals surface area (Å²) in [5, 5.41) is 29.5. The Balaban J connectivity index is 2.12. The summed E-state index contributed by atoms with van der Waals surface area (Å²) in [6.07, 6.45) is 0. The van der Waals surface area contributed by atoms with Gasteiger partial charge in [-0.25, -0.2) is 4.68 Å². The van der Waals surface area contributed by atoms with Gasteiger partial charge >= 0.3 is 5.69 Å². The fraction of sp³-hybridized carbons (Fsp3) is 0.0625. The van der Waals surface area contributed by atoms with Crippen LogP contribution in [0, 0.1) is 27.2 Å². The minimum atomic E-state index is -0.528. The second-order valence-corrected chi connectivity index (χ2v) is 5.22. The summed E-state index contributed by atoms with van der Waals surface area (Å²) in [7, 11) is 0. The van der Waals surface area contributed by atoms with E-state index < -0.39 is 9.85 Å². The highest BCUT2D eigenvalue weighted by Crippen LogP contribution is 2.33. The van der Waals surface area contributed by atoms with Gasteiger partial charge in [0, 0.05) is 17.8 Å². The fourth-order valence-corrected chi connectivity index (χ4v) is 2.44. The molecule has 0 spiro atoms. The summed E-state index contributed by atoms with van der Waals surface area (Å²) in [5.74, 6) is 0.134. The van der Waals surface area contributed by atoms with Crippen LogP contribution >= 0.6 is 0 Å². The number of hydrogen-bond donors (Lipinski definition) is 1. The molecule has 1 aromatic heterocycles. The lowest BCUT2D eigenvalue weighted by atomic mass is 10.2. The van der Waals surface area contributed by atoms with E-state index in [1.165, 1.54) is 29.8 Å². The first-order valence-corrected chi connectivity index (χ1v) is 7.28. The van der Waals surface area contributed by atoms with Crippen LogP contribution in [0.25, 0.3) is 5.69 Å². The largest absolute Gasteiger partial charge is 0.334 e. The Morgan fingerprint density at radius 3 is 2.36 bits per heavy atom. The van der Waals surface area contributed by atoms with Gasteiger partial charge in [0.15, 0.2) is 0 Å². The summed E-state index contributed by atoms with van der Waals surface area (Å²) in [6, 6.07) is 14.7. The Labute approximate surface area is 141 Å². The van der Waals surface area contributed by atoms with Crippen molar-refractivity contribution in [3.05, 3.63) is 80.5 Å². The smallest absolute Gasteiger partial charge is 0.334 e. The lowest BCUT2D eigenvalue weighted by Gasteiger charge is -2.09. The van der Waals surface area contributed by atoms with Crippen molar-refractivity contribution in [2.45, 2.75) is 6.92 Å². The zero-order chi connectivity index (χ0) is 18.0. The molecule has 0 fully saturated rings. The van der Waals surface area contributed by atoms with Crippen molar-refractivity contribution in [1.29, 1.82) is 0 Å². The summed E-state index contributed by atoms with van der Waals surface area (Å²) >= 11 is 0. The Bertz CT molecular complexity index is 952. The average Bonchev–Trinajstić information content (AvgIpc) is 2.92. The molecule has 0 aliphatic rings. The summed E-state index contributed by atoms with van der Waals surface area (Å²) in [5.41, 5.74) is 0.924. The van der Waals surface area contributed by atoms with E-state index in [1.54, 1.807) is 30.3 Å². The molecule has 2 aromatic carbocycles. The van der Waals surface area contributed by atoms with Crippen LogP contribution in [0.15, 0.2) is 54.6 Å². The number of aromatic nitrogens is 2. The first-order chi connectivity index (χ1) is 12.0. The van der Waals surface area contributed by atoms with Gasteiger partial charge in [0.1, 0.15) is 5.69 Å². The topological polar surface area (TPSA) is 116 Å². The summed E-state index contributed by atoms with van der Waals surface area (Å²) < 4.78 is 1.41. The number of nitro groups is 2. The molecule has 9 heteroatoms. The van der Waals surface area contributed by atoms with Gasteiger partial charge in [-0.15, -0.1) is 0 Å². The highest BCUT2D eigenvalue weighted by molar-refractivity contribution is 5.70. The first-order valence-electron chi connectivity index (χ1n) is 7.28. The number of nitro benzene ring substituents is 1. The molecule has 3 aromatic rings. The van der Waals surface area contributed by atoms with Gasteiger partial charge < -0.3 is 5.32 Å². The van der Waals surface area contributed by atoms with E-state index in [1.807, 2.05) is 6.07 Å². The van der Waals surface area contributed by atoms with Crippen molar-refractivity contribution >= 4 is 22.9 Å². The zero-order valence-electron chi connectivity index (χ0n) is 13.1. The molecule has 0 atom stereocenters. The van der Waals surface area contributed by atoms with Crippen LogP contribution in [-0.2, 0) is 0 Å². The predicted molar refractivity (Wildman–Crippen MR) is 91.3 cm³/mol. The standard InChI is InChI=1S/C16H13N5O4/c1-11-15(21(24)25)16(19(18-11)13-7-3-2-4-8-13)17-12-6-5-9-14(10-12)20(22)23/h2-10,17H,1H3. The zero-order valence-corrected chi connectivity index (χ0v) is 13.1. The predicted octanol–water partition coefficient (Wildman–Crippen LogP) is 3.74. The Morgan fingerprint density at radius 2 is 1.72 bits per heavy atom. The third kappa shape index (κ3) is 3.15. The van der Waals surface area contributed by atoms with E-state index in [2.05, 4.69) is 10.4 Å². The SMILES string of the molecule is Cc1nn(-c2ccccc2)c(Nc2cccc([N+](=O)[O-])c2)c1[N+](=O)[O-]. The van der Waals surface area contributed by atoms with E-state index in [9.17, 15) is 20.2 Å². The minimum absolute atomic E-state index is 0.116. The second-order valence-electron chi connectivity index (χ2n) is 5.22. The van der Waals surface area contributed by atoms with Gasteiger partial charge in [0.05, 0.1) is 15.5 Å². The monoisotopic (exact) mass is 339 g/mol. The van der Waals surface area contributed by atoms with Crippen LogP contribution in [-0.4, -0.2) is 19.6 Å². The lowest BCUT2D eigenvalue weighted by molar-refractivity contribution is -0.385. The molecule has 0 saturated heterocycles. The summed E-state index contributed by atoms with van der Waals surface area (Å²) in [4.78, 5) is 21.3. The van der Waals surface area contributed by atoms with E-state index in [0.717, 1.165) is 0 Å². The van der Waals surface area contributed by atoms with Gasteiger partial charge in [-0.3, -0.25) is 20.2 Å². The molecular formula is C16H13N5O4. The molecule has 9 nitrogen and oxygen atoms in total. The summed E-state index contributed by atoms with van der Waals surface area (Å²) in [6.45, 7) is 1.54. The number of hydrogen-bond acceptors (Lipinski definition) is 6. The Kier molecular flexibility index (Phi) is 4.12. The van der Waals surface area contributed by atoms with Crippen molar-refractivity contribution in [1.82, 2.24) is 9.78 Å². The van der Waals surface area contributed by atoms with E-state index in [4.69, 9.17) is 0 Å². The molecular weight excluding hydrogens is 326 g/mol. The molecule has 0 unspecified atom stereocenters. The number of benzene rings is 2. The molecule has 0 aliphatic carbocycles. The van der Waals surface area contributed by atoms with Crippen LogP contribution in [0.2, 0.25) is 0 Å². The second kappa shape index (κ2) is 6.40. The molecule has 1 N–H and O–H groups in total. The van der Waals surface area contributed by atoms with Crippen LogP contribution in [0.1, 0.15) is 5.69 Å². The molecule has 3 rings (SSSR count). The molecule has 1 heterocycles. The average molecular weight is 339 g/mol. The number of anilines is 2. The molecule has 0 amide bonds. The van der Waals surface area contributed by atoms with E-state index in [0.29, 0.717) is 11.4 Å². The normalized spacial score (nSPS) is 10.4. The number of nitrogens with zero attached hydrogens (tertiary/aromatic N) is 4. The lowest BCUT2D eigenvalue weighted by Crippen LogP contribution is -2.04. The van der Waals surface area contributed by atoms with Gasteiger partial charge in [0.2, 0.25) is 5.82 Å². The Morgan fingerprint density at radius 1 is 1.00 bits per heavy atom. The number of rotatable bonds is 5. The van der Waals surface area contributed by atoms with Gasteiger partial charge in [-0.05, 0) is 25.1 Å². The molecule has 0 bridgehead atoms. The van der Waals surface area contributed by atoms with Crippen LogP contribution in [0.4, 0.5) is 22.9 Å². The fourth-order valence-electron chi connectivity index (χ4n) is 2.44. The minimum Gasteiger partial charge on any atom is -0.334 e. The maximum absolute atomic E-state index is 11.5. The third-order valence-corrected chi connectivity index (χ3v) is 3.53. The number of para-hydroxylation sites is 1. The van der Waals surface area contributed by atoms with Crippen LogP contribution < -0.4 is 5.32 Å². The molecule has 0 aliphatic heterocycles. The number of aryl methyl sites for hydroxylation is 1. The highest BCUT2D eigenvalue weighted by Gasteiger charge is 2.26. The van der Waals surface area contributed by atoms with Crippen LogP contribution in [0.3, 0.4) is 0 Å². The van der Waals surface area contributed by atoms with Crippen molar-refractivity contribution in [3.8, 4) is 5.69 Å². The quantitative estimate of drug-likeness (QED) is 0.559. The van der Waals surface area contributed by atoms with Gasteiger partial charge in [0.25, 0.3) is 5.69 Å². The van der Waals surface area contributed by atoms with E-state index >= 15 is 0 Å². The maximum atomic E-state index is 11.5. The van der Waals surface area contributed by atoms with Crippen molar-refractivity contribution in [2.24, 2.45) is 0 Å². The van der Waals surface area contributed by atoms with Crippen molar-refractivity contribution < 1.29 is 9.85 Å². The molecule has 126 valence electrons. The maximum Gasteiger partial charge on any atom is 0.334 e. The van der Waals surface area contributed by atoms with Crippen molar-refractivity contribution in [2.75, 3.05) is 5.32 Å². The molecule has 0 radical (unpaired) electrons. The Hall–Kier alpha value is -3.75. The van der Waals surface area contributed by atoms with Crippen LogP contribution in [0.5, 0.6) is 0 Å². The highest BCUT2D eigenvalue weighted by atomic mass is 16.6. The number of nitrogens with one attached hydrogen (secondary N) is 1. The van der Waals surface area contributed by atoms with Gasteiger partial charge in [-0.2, -0.15) is 5.10 Å². The molecule has 0 saturated carbocycles. The van der Waals surface area contributed by atoms with Gasteiger partial charge in [-0.1, -0.05) is 24.3 Å². The van der Waals surface area contributed by atoms with E-state index in [-0.39, 0.29) is 22.9 Å². The van der Waals surface area contributed by atoms with Crippen molar-refractivity contribution in [3.63, 3.8) is 0 Å². The molecule has 25 heavy (non-hydrogen) atoms. The first kappa shape index (κ1) is 16.1. The third-order valence-electron chi connectivity index (χ3n) is 3.53. The number of non-ortho nitro benzene ring substituents is 1.